The first-order valence-electron chi connectivity index (χ1n) is 7.36. The highest BCUT2D eigenvalue weighted by atomic mass is 16.5. The molecule has 0 atom stereocenters. The van der Waals surface area contributed by atoms with Crippen molar-refractivity contribution in [2.75, 3.05) is 20.3 Å². The van der Waals surface area contributed by atoms with E-state index in [-0.39, 0.29) is 16.9 Å². The number of methoxy groups -OCH3 is 1. The smallest absolute Gasteiger partial charge is 0.253 e. The van der Waals surface area contributed by atoms with Crippen molar-refractivity contribution in [2.45, 2.75) is 19.3 Å². The number of imidazole rings is 1. The number of nitrogens with zero attached hydrogens (tertiary/aromatic N) is 2. The van der Waals surface area contributed by atoms with Crippen molar-refractivity contribution < 1.29 is 9.53 Å². The molecule has 1 amide bonds. The van der Waals surface area contributed by atoms with Crippen molar-refractivity contribution in [3.8, 4) is 0 Å². The van der Waals surface area contributed by atoms with E-state index in [0.29, 0.717) is 29.9 Å². The summed E-state index contributed by atoms with van der Waals surface area (Å²) < 4.78 is 6.99. The average Bonchev–Trinajstić information content (AvgIpc) is 2.81. The Balaban J connectivity index is 1.83. The van der Waals surface area contributed by atoms with E-state index in [4.69, 9.17) is 4.74 Å². The van der Waals surface area contributed by atoms with E-state index in [2.05, 4.69) is 15.3 Å². The molecule has 2 N–H and O–H groups in total. The molecule has 0 saturated heterocycles. The van der Waals surface area contributed by atoms with Gasteiger partial charge in [-0.05, 0) is 12.8 Å². The number of carbonyl (C=O) groups is 1. The molecule has 2 aromatic heterocycles. The Labute approximate surface area is 127 Å². The van der Waals surface area contributed by atoms with Gasteiger partial charge in [0.15, 0.2) is 5.65 Å². The molecular weight excluding hydrogens is 284 g/mol. The molecule has 7 nitrogen and oxygen atoms in total. The molecule has 0 spiro atoms. The van der Waals surface area contributed by atoms with E-state index in [0.717, 1.165) is 19.3 Å². The Kier molecular flexibility index (Phi) is 3.74. The number of ether oxygens (including phenoxy) is 1. The number of H-pyrrole nitrogens is 1. The van der Waals surface area contributed by atoms with E-state index in [1.807, 2.05) is 0 Å². The molecule has 3 rings (SSSR count). The van der Waals surface area contributed by atoms with Crippen LogP contribution in [0.25, 0.3) is 11.2 Å². The van der Waals surface area contributed by atoms with E-state index in [9.17, 15) is 9.59 Å². The third-order valence-electron chi connectivity index (χ3n) is 4.44. The van der Waals surface area contributed by atoms with Crippen LogP contribution in [0.2, 0.25) is 0 Å². The van der Waals surface area contributed by atoms with Gasteiger partial charge in [-0.1, -0.05) is 6.42 Å². The molecule has 0 unspecified atom stereocenters. The molecule has 0 aliphatic heterocycles. The molecule has 2 aromatic rings. The zero-order valence-electron chi connectivity index (χ0n) is 12.8. The van der Waals surface area contributed by atoms with Crippen LogP contribution in [0.5, 0.6) is 0 Å². The predicted octanol–water partition coefficient (Wildman–Crippen LogP) is 0.808. The molecule has 1 aliphatic carbocycles. The molecule has 118 valence electrons. The number of carbonyl (C=O) groups excluding carboxylic acids is 1. The van der Waals surface area contributed by atoms with Crippen LogP contribution in [0.3, 0.4) is 0 Å². The number of pyridine rings is 1. The topological polar surface area (TPSA) is 89.0 Å². The lowest BCUT2D eigenvalue weighted by atomic mass is 9.69. The minimum Gasteiger partial charge on any atom is -0.384 e. The Bertz CT molecular complexity index is 758. The zero-order chi connectivity index (χ0) is 15.7. The van der Waals surface area contributed by atoms with Crippen molar-refractivity contribution >= 4 is 17.1 Å². The molecular formula is C15H20N4O3. The lowest BCUT2D eigenvalue weighted by Gasteiger charge is -2.41. The van der Waals surface area contributed by atoms with E-state index < -0.39 is 0 Å². The van der Waals surface area contributed by atoms with Gasteiger partial charge >= 0.3 is 0 Å². The van der Waals surface area contributed by atoms with Gasteiger partial charge in [-0.3, -0.25) is 9.59 Å². The highest BCUT2D eigenvalue weighted by molar-refractivity contribution is 6.04. The van der Waals surface area contributed by atoms with Crippen molar-refractivity contribution in [1.82, 2.24) is 19.9 Å². The van der Waals surface area contributed by atoms with Crippen LogP contribution < -0.4 is 10.9 Å². The molecule has 1 aliphatic rings. The number of aryl methyl sites for hydroxylation is 1. The molecule has 0 aromatic carbocycles. The standard InChI is InChI=1S/C15H20N4O3/c1-19-9-17-13-12(19)10(6-11(20)18-13)14(21)16-7-15(8-22-2)4-3-5-15/h6,9H,3-5,7-8H2,1-2H3,(H,16,21)(H,18,20). The summed E-state index contributed by atoms with van der Waals surface area (Å²) in [5.74, 6) is -0.248. The molecule has 1 saturated carbocycles. The first-order valence-corrected chi connectivity index (χ1v) is 7.36. The summed E-state index contributed by atoms with van der Waals surface area (Å²) in [6.07, 6.45) is 4.85. The molecule has 0 radical (unpaired) electrons. The lowest BCUT2D eigenvalue weighted by Crippen LogP contribution is -2.45. The van der Waals surface area contributed by atoms with Gasteiger partial charge in [0, 0.05) is 32.2 Å². The second kappa shape index (κ2) is 5.57. The van der Waals surface area contributed by atoms with Crippen LogP contribution in [0, 0.1) is 5.41 Å². The van der Waals surface area contributed by atoms with Gasteiger partial charge in [0.25, 0.3) is 5.91 Å². The minimum absolute atomic E-state index is 0.0389. The van der Waals surface area contributed by atoms with Crippen LogP contribution >= 0.6 is 0 Å². The van der Waals surface area contributed by atoms with Gasteiger partial charge in [-0.15, -0.1) is 0 Å². The fourth-order valence-corrected chi connectivity index (χ4v) is 3.08. The first-order chi connectivity index (χ1) is 10.5. The van der Waals surface area contributed by atoms with Gasteiger partial charge in [-0.2, -0.15) is 0 Å². The average molecular weight is 304 g/mol. The molecule has 0 bridgehead atoms. The number of amides is 1. The highest BCUT2D eigenvalue weighted by Gasteiger charge is 2.37. The quantitative estimate of drug-likeness (QED) is 0.855. The molecule has 2 heterocycles. The van der Waals surface area contributed by atoms with Gasteiger partial charge < -0.3 is 19.6 Å². The summed E-state index contributed by atoms with van der Waals surface area (Å²) >= 11 is 0. The van der Waals surface area contributed by atoms with E-state index >= 15 is 0 Å². The van der Waals surface area contributed by atoms with Crippen LogP contribution in [0.1, 0.15) is 29.6 Å². The summed E-state index contributed by atoms with van der Waals surface area (Å²) in [7, 11) is 3.47. The van der Waals surface area contributed by atoms with Crippen LogP contribution in [0.15, 0.2) is 17.2 Å². The maximum absolute atomic E-state index is 12.5. The fourth-order valence-electron chi connectivity index (χ4n) is 3.08. The van der Waals surface area contributed by atoms with Gasteiger partial charge in [0.1, 0.15) is 0 Å². The third-order valence-corrected chi connectivity index (χ3v) is 4.44. The van der Waals surface area contributed by atoms with Crippen molar-refractivity contribution in [3.63, 3.8) is 0 Å². The second-order valence-corrected chi connectivity index (χ2v) is 6.07. The highest BCUT2D eigenvalue weighted by Crippen LogP contribution is 2.40. The number of hydrogen-bond acceptors (Lipinski definition) is 4. The molecule has 22 heavy (non-hydrogen) atoms. The number of nitrogens with one attached hydrogen (secondary N) is 2. The Morgan fingerprint density at radius 3 is 2.95 bits per heavy atom. The summed E-state index contributed by atoms with van der Waals surface area (Å²) in [5.41, 5.74) is 1.12. The maximum atomic E-state index is 12.5. The number of rotatable bonds is 5. The fraction of sp³-hybridized carbons (Fsp3) is 0.533. The number of aromatic amines is 1. The van der Waals surface area contributed by atoms with Crippen LogP contribution in [-0.2, 0) is 11.8 Å². The normalized spacial score (nSPS) is 16.5. The SMILES string of the molecule is COCC1(CNC(=O)c2cc(=O)[nH]c3ncn(C)c23)CCC1. The Hall–Kier alpha value is -2.15. The number of hydrogen-bond donors (Lipinski definition) is 2. The Morgan fingerprint density at radius 1 is 1.55 bits per heavy atom. The Morgan fingerprint density at radius 2 is 2.32 bits per heavy atom. The van der Waals surface area contributed by atoms with Crippen molar-refractivity contribution in [3.05, 3.63) is 28.3 Å². The van der Waals surface area contributed by atoms with Crippen LogP contribution in [0.4, 0.5) is 0 Å². The zero-order valence-corrected chi connectivity index (χ0v) is 12.8. The minimum atomic E-state index is -0.327. The van der Waals surface area contributed by atoms with Crippen molar-refractivity contribution in [1.29, 1.82) is 0 Å². The van der Waals surface area contributed by atoms with Crippen molar-refractivity contribution in [2.24, 2.45) is 12.5 Å². The summed E-state index contributed by atoms with van der Waals surface area (Å²) in [6, 6.07) is 1.32. The number of fused-ring (bicyclic) bond motifs is 1. The second-order valence-electron chi connectivity index (χ2n) is 6.07. The largest absolute Gasteiger partial charge is 0.384 e. The first kappa shape index (κ1) is 14.8. The van der Waals surface area contributed by atoms with Gasteiger partial charge in [0.05, 0.1) is 24.0 Å². The summed E-state index contributed by atoms with van der Waals surface area (Å²) in [4.78, 5) is 30.9. The summed E-state index contributed by atoms with van der Waals surface area (Å²) in [5, 5.41) is 2.95. The monoisotopic (exact) mass is 304 g/mol. The lowest BCUT2D eigenvalue weighted by molar-refractivity contribution is 0.0180. The molecule has 1 fully saturated rings. The van der Waals surface area contributed by atoms with E-state index in [1.165, 1.54) is 6.07 Å². The molecule has 7 heteroatoms. The number of aromatic nitrogens is 3. The van der Waals surface area contributed by atoms with Crippen LogP contribution in [-0.4, -0.2) is 40.7 Å². The van der Waals surface area contributed by atoms with Gasteiger partial charge in [0.2, 0.25) is 5.56 Å². The van der Waals surface area contributed by atoms with E-state index in [1.54, 1.807) is 25.1 Å². The van der Waals surface area contributed by atoms with Gasteiger partial charge in [-0.25, -0.2) is 4.98 Å². The predicted molar refractivity (Wildman–Crippen MR) is 81.8 cm³/mol. The maximum Gasteiger partial charge on any atom is 0.253 e. The summed E-state index contributed by atoms with van der Waals surface area (Å²) in [6.45, 7) is 1.20. The third kappa shape index (κ3) is 2.52.